The van der Waals surface area contributed by atoms with Crippen molar-refractivity contribution in [3.05, 3.63) is 11.6 Å². The largest absolute Gasteiger partial charge is 0.366 e. The third kappa shape index (κ3) is 12.4. The summed E-state index contributed by atoms with van der Waals surface area (Å²) in [6.07, 6.45) is 21.0. The second-order valence-electron chi connectivity index (χ2n) is 11.2. The Morgan fingerprint density at radius 1 is 0.914 bits per heavy atom. The summed E-state index contributed by atoms with van der Waals surface area (Å²) in [7, 11) is 2.16. The molecule has 35 heavy (non-hydrogen) atoms. The van der Waals surface area contributed by atoms with Gasteiger partial charge in [-0.05, 0) is 19.4 Å². The monoisotopic (exact) mass is 492 g/mol. The number of nitrogens with zero attached hydrogens (tertiary/aromatic N) is 2. The quantitative estimate of drug-likeness (QED) is 0.190. The SMILES string of the molecule is CCCCCCCCCCCCCCCCOC1CN(C)CCN1CC1=CCOC(C(C)C)C1=O. The first-order valence-corrected chi connectivity index (χ1v) is 14.9. The molecule has 0 aromatic carbocycles. The van der Waals surface area contributed by atoms with E-state index in [1.54, 1.807) is 0 Å². The summed E-state index contributed by atoms with van der Waals surface area (Å²) >= 11 is 0. The molecule has 0 amide bonds. The van der Waals surface area contributed by atoms with Crippen LogP contribution in [0.15, 0.2) is 11.6 Å². The standard InChI is InChI=1S/C30H56N2O3/c1-5-6-7-8-9-10-11-12-13-14-15-16-17-18-22-34-28-25-31(4)20-21-32(28)24-27-19-23-35-30(26(2)3)29(27)33/h19,26,28,30H,5-18,20-25H2,1-4H3. The van der Waals surface area contributed by atoms with Crippen LogP contribution >= 0.6 is 0 Å². The predicted octanol–water partition coefficient (Wildman–Crippen LogP) is 6.61. The predicted molar refractivity (Wildman–Crippen MR) is 147 cm³/mol. The van der Waals surface area contributed by atoms with E-state index in [1.165, 1.54) is 83.5 Å². The van der Waals surface area contributed by atoms with Gasteiger partial charge in [-0.2, -0.15) is 0 Å². The molecule has 2 aliphatic rings. The lowest BCUT2D eigenvalue weighted by Crippen LogP contribution is -2.54. The maximum absolute atomic E-state index is 12.8. The summed E-state index contributed by atoms with van der Waals surface area (Å²) in [4.78, 5) is 17.5. The fourth-order valence-corrected chi connectivity index (χ4v) is 5.24. The average Bonchev–Trinajstić information content (AvgIpc) is 2.84. The number of ketones is 1. The molecule has 0 bridgehead atoms. The van der Waals surface area contributed by atoms with Crippen LogP contribution < -0.4 is 0 Å². The minimum atomic E-state index is -0.294. The number of carbonyl (C=O) groups is 1. The van der Waals surface area contributed by atoms with Crippen LogP contribution in [0.4, 0.5) is 0 Å². The molecule has 1 fully saturated rings. The van der Waals surface area contributed by atoms with Crippen LogP contribution in [-0.4, -0.2) is 74.4 Å². The number of piperazine rings is 1. The van der Waals surface area contributed by atoms with Gasteiger partial charge in [-0.3, -0.25) is 9.69 Å². The summed E-state index contributed by atoms with van der Waals surface area (Å²) in [5, 5.41) is 0. The minimum Gasteiger partial charge on any atom is -0.366 e. The van der Waals surface area contributed by atoms with Gasteiger partial charge >= 0.3 is 0 Å². The highest BCUT2D eigenvalue weighted by Crippen LogP contribution is 2.21. The highest BCUT2D eigenvalue weighted by Gasteiger charge is 2.32. The molecule has 0 aromatic heterocycles. The number of Topliss-reactive ketones (excluding diaryl/α,β-unsaturated/α-hetero) is 1. The Bertz CT molecular complexity index is 592. The van der Waals surface area contributed by atoms with Gasteiger partial charge in [0.15, 0.2) is 5.78 Å². The van der Waals surface area contributed by atoms with E-state index in [2.05, 4.69) is 37.6 Å². The molecule has 2 unspecified atom stereocenters. The van der Waals surface area contributed by atoms with Gasteiger partial charge in [0.25, 0.3) is 0 Å². The molecule has 5 heteroatoms. The van der Waals surface area contributed by atoms with E-state index in [0.717, 1.165) is 38.2 Å². The van der Waals surface area contributed by atoms with Gasteiger partial charge < -0.3 is 14.4 Å². The van der Waals surface area contributed by atoms with Gasteiger partial charge in [-0.1, -0.05) is 110 Å². The molecule has 1 saturated heterocycles. The number of rotatable bonds is 19. The lowest BCUT2D eigenvalue weighted by atomic mass is 9.95. The summed E-state index contributed by atoms with van der Waals surface area (Å²) < 4.78 is 12.0. The first-order chi connectivity index (χ1) is 17.0. The molecule has 2 atom stereocenters. The second-order valence-corrected chi connectivity index (χ2v) is 11.2. The highest BCUT2D eigenvalue weighted by molar-refractivity contribution is 6.00. The van der Waals surface area contributed by atoms with Gasteiger partial charge in [0.2, 0.25) is 0 Å². The Hall–Kier alpha value is -0.750. The molecule has 0 N–H and O–H groups in total. The fourth-order valence-electron chi connectivity index (χ4n) is 5.24. The van der Waals surface area contributed by atoms with Crippen LogP contribution in [0.3, 0.4) is 0 Å². The van der Waals surface area contributed by atoms with Crippen LogP contribution in [0.25, 0.3) is 0 Å². The number of likely N-dealkylation sites (N-methyl/N-ethyl adjacent to an activating group) is 1. The summed E-state index contributed by atoms with van der Waals surface area (Å²) in [5.74, 6) is 0.377. The zero-order valence-electron chi connectivity index (χ0n) is 23.6. The van der Waals surface area contributed by atoms with Crippen molar-refractivity contribution >= 4 is 5.78 Å². The van der Waals surface area contributed by atoms with E-state index in [0.29, 0.717) is 13.2 Å². The van der Waals surface area contributed by atoms with E-state index < -0.39 is 0 Å². The van der Waals surface area contributed by atoms with Crippen LogP contribution in [-0.2, 0) is 14.3 Å². The van der Waals surface area contributed by atoms with Gasteiger partial charge in [-0.15, -0.1) is 0 Å². The smallest absolute Gasteiger partial charge is 0.188 e. The Labute approximate surface area is 217 Å². The molecule has 0 saturated carbocycles. The second kappa shape index (κ2) is 18.5. The summed E-state index contributed by atoms with van der Waals surface area (Å²) in [6, 6.07) is 0. The van der Waals surface area contributed by atoms with Crippen molar-refractivity contribution in [1.29, 1.82) is 0 Å². The molecule has 0 spiro atoms. The minimum absolute atomic E-state index is 0.0739. The molecule has 0 aliphatic carbocycles. The van der Waals surface area contributed by atoms with Crippen LogP contribution in [0.5, 0.6) is 0 Å². The first-order valence-electron chi connectivity index (χ1n) is 14.9. The number of hydrogen-bond acceptors (Lipinski definition) is 5. The van der Waals surface area contributed by atoms with Crippen LogP contribution in [0.2, 0.25) is 0 Å². The highest BCUT2D eigenvalue weighted by atomic mass is 16.5. The average molecular weight is 493 g/mol. The van der Waals surface area contributed by atoms with E-state index in [1.807, 2.05) is 6.08 Å². The van der Waals surface area contributed by atoms with E-state index in [9.17, 15) is 4.79 Å². The summed E-state index contributed by atoms with van der Waals surface area (Å²) in [6.45, 7) is 11.3. The zero-order valence-corrected chi connectivity index (χ0v) is 23.6. The molecule has 204 valence electrons. The van der Waals surface area contributed by atoms with Crippen molar-refractivity contribution in [1.82, 2.24) is 9.80 Å². The molecule has 0 aromatic rings. The fraction of sp³-hybridized carbons (Fsp3) is 0.900. The maximum atomic E-state index is 12.8. The van der Waals surface area contributed by atoms with Gasteiger partial charge in [0.1, 0.15) is 12.3 Å². The lowest BCUT2D eigenvalue weighted by molar-refractivity contribution is -0.132. The molecule has 0 radical (unpaired) electrons. The van der Waals surface area contributed by atoms with Gasteiger partial charge in [0, 0.05) is 38.4 Å². The van der Waals surface area contributed by atoms with Crippen LogP contribution in [0.1, 0.15) is 111 Å². The topological polar surface area (TPSA) is 42.0 Å². The third-order valence-corrected chi connectivity index (χ3v) is 7.61. The number of hydrogen-bond donors (Lipinski definition) is 0. The van der Waals surface area contributed by atoms with Crippen molar-refractivity contribution in [3.8, 4) is 0 Å². The van der Waals surface area contributed by atoms with E-state index >= 15 is 0 Å². The summed E-state index contributed by atoms with van der Waals surface area (Å²) in [5.41, 5.74) is 0.907. The maximum Gasteiger partial charge on any atom is 0.188 e. The Morgan fingerprint density at radius 3 is 2.06 bits per heavy atom. The van der Waals surface area contributed by atoms with Crippen molar-refractivity contribution < 1.29 is 14.3 Å². The number of ether oxygens (including phenoxy) is 2. The van der Waals surface area contributed by atoms with Crippen molar-refractivity contribution in [3.63, 3.8) is 0 Å². The third-order valence-electron chi connectivity index (χ3n) is 7.61. The Balaban J connectivity index is 1.54. The molecule has 2 aliphatic heterocycles. The lowest BCUT2D eigenvalue weighted by Gasteiger charge is -2.40. The van der Waals surface area contributed by atoms with Gasteiger partial charge in [-0.25, -0.2) is 0 Å². The van der Waals surface area contributed by atoms with Crippen LogP contribution in [0, 0.1) is 5.92 Å². The van der Waals surface area contributed by atoms with Gasteiger partial charge in [0.05, 0.1) is 6.61 Å². The van der Waals surface area contributed by atoms with E-state index in [-0.39, 0.29) is 24.0 Å². The van der Waals surface area contributed by atoms with Crippen molar-refractivity contribution in [2.75, 3.05) is 46.4 Å². The molecular formula is C30H56N2O3. The van der Waals surface area contributed by atoms with Crippen molar-refractivity contribution in [2.45, 2.75) is 123 Å². The Kier molecular flexibility index (Phi) is 16.1. The molecule has 2 rings (SSSR count). The molecular weight excluding hydrogens is 436 g/mol. The number of carbonyl (C=O) groups excluding carboxylic acids is 1. The first kappa shape index (κ1) is 30.5. The zero-order chi connectivity index (χ0) is 25.3. The molecule has 2 heterocycles. The number of unbranched alkanes of at least 4 members (excludes halogenated alkanes) is 13. The van der Waals surface area contributed by atoms with E-state index in [4.69, 9.17) is 9.47 Å². The molecule has 5 nitrogen and oxygen atoms in total. The normalized spacial score (nSPS) is 22.2. The van der Waals surface area contributed by atoms with Crippen molar-refractivity contribution in [2.24, 2.45) is 5.92 Å². The Morgan fingerprint density at radius 2 is 1.49 bits per heavy atom.